The second-order valence-corrected chi connectivity index (χ2v) is 6.78. The first-order valence-corrected chi connectivity index (χ1v) is 8.56. The summed E-state index contributed by atoms with van der Waals surface area (Å²) in [5, 5.41) is 7.55. The molecule has 0 spiro atoms. The molecule has 1 aliphatic rings. The van der Waals surface area contributed by atoms with Gasteiger partial charge in [0, 0.05) is 32.2 Å². The van der Waals surface area contributed by atoms with Crippen molar-refractivity contribution in [2.75, 3.05) is 34.7 Å². The predicted molar refractivity (Wildman–Crippen MR) is 109 cm³/mol. The molecule has 2 rings (SSSR count). The van der Waals surface area contributed by atoms with Crippen molar-refractivity contribution in [3.05, 3.63) is 18.0 Å². The summed E-state index contributed by atoms with van der Waals surface area (Å²) in [6, 6.07) is 1.89. The van der Waals surface area contributed by atoms with Gasteiger partial charge in [0.25, 0.3) is 0 Å². The zero-order valence-electron chi connectivity index (χ0n) is 15.4. The highest BCUT2D eigenvalue weighted by Crippen LogP contribution is 2.30. The number of nitrogens with one attached hydrogen (secondary N) is 1. The first-order chi connectivity index (χ1) is 11.1. The van der Waals surface area contributed by atoms with E-state index in [1.165, 1.54) is 38.5 Å². The van der Waals surface area contributed by atoms with Crippen molar-refractivity contribution in [1.29, 1.82) is 0 Å². The Morgan fingerprint density at radius 2 is 1.92 bits per heavy atom. The summed E-state index contributed by atoms with van der Waals surface area (Å²) in [6.45, 7) is 1.61. The Morgan fingerprint density at radius 3 is 2.42 bits per heavy atom. The van der Waals surface area contributed by atoms with Gasteiger partial charge in [-0.05, 0) is 26.9 Å². The Labute approximate surface area is 163 Å². The smallest absolute Gasteiger partial charge is 0.193 e. The number of guanidine groups is 1. The number of halogens is 1. The molecule has 0 bridgehead atoms. The molecular formula is C17H32IN5O. The van der Waals surface area contributed by atoms with Gasteiger partial charge in [0.2, 0.25) is 0 Å². The number of hydrogen-bond donors (Lipinski definition) is 1. The molecule has 1 aromatic rings. The first-order valence-electron chi connectivity index (χ1n) is 8.56. The van der Waals surface area contributed by atoms with E-state index in [9.17, 15) is 0 Å². The lowest BCUT2D eigenvalue weighted by Gasteiger charge is -2.40. The molecule has 0 radical (unpaired) electrons. The van der Waals surface area contributed by atoms with Crippen LogP contribution in [0.25, 0.3) is 0 Å². The summed E-state index contributed by atoms with van der Waals surface area (Å²) < 4.78 is 4.90. The molecule has 0 saturated heterocycles. The molecule has 0 aromatic carbocycles. The lowest BCUT2D eigenvalue weighted by atomic mass is 9.88. The average Bonchev–Trinajstić information content (AvgIpc) is 2.91. The highest BCUT2D eigenvalue weighted by molar-refractivity contribution is 14.0. The van der Waals surface area contributed by atoms with Gasteiger partial charge < -0.3 is 19.6 Å². The van der Waals surface area contributed by atoms with Crippen LogP contribution in [0.15, 0.2) is 21.8 Å². The Balaban J connectivity index is 0.00000288. The predicted octanol–water partition coefficient (Wildman–Crippen LogP) is 2.95. The maximum Gasteiger partial charge on any atom is 0.193 e. The van der Waals surface area contributed by atoms with Crippen LogP contribution in [0.3, 0.4) is 0 Å². The summed E-state index contributed by atoms with van der Waals surface area (Å²) in [5.74, 6) is 0.901. The van der Waals surface area contributed by atoms with E-state index >= 15 is 0 Å². The molecule has 24 heavy (non-hydrogen) atoms. The van der Waals surface area contributed by atoms with Gasteiger partial charge in [-0.3, -0.25) is 4.99 Å². The van der Waals surface area contributed by atoms with Gasteiger partial charge in [-0.15, -0.1) is 24.0 Å². The zero-order chi connectivity index (χ0) is 16.7. The molecule has 1 fully saturated rings. The second-order valence-electron chi connectivity index (χ2n) is 6.78. The topological polar surface area (TPSA) is 56.9 Å². The molecule has 0 aliphatic heterocycles. The molecule has 1 N–H and O–H groups in total. The van der Waals surface area contributed by atoms with Crippen LogP contribution in [-0.2, 0) is 6.54 Å². The van der Waals surface area contributed by atoms with Gasteiger partial charge in [0.15, 0.2) is 5.96 Å². The second kappa shape index (κ2) is 10.2. The third-order valence-electron chi connectivity index (χ3n) is 5.02. The van der Waals surface area contributed by atoms with Crippen molar-refractivity contribution in [1.82, 2.24) is 20.3 Å². The number of likely N-dealkylation sites (N-methyl/N-ethyl adjacent to an activating group) is 1. The molecule has 1 aromatic heterocycles. The van der Waals surface area contributed by atoms with Crippen LogP contribution >= 0.6 is 24.0 Å². The maximum atomic E-state index is 4.90. The van der Waals surface area contributed by atoms with E-state index in [0.29, 0.717) is 6.54 Å². The molecule has 0 atom stereocenters. The van der Waals surface area contributed by atoms with Gasteiger partial charge in [0.05, 0.1) is 6.54 Å². The van der Waals surface area contributed by atoms with Crippen LogP contribution in [0.5, 0.6) is 0 Å². The Hall–Kier alpha value is -0.830. The van der Waals surface area contributed by atoms with Crippen LogP contribution < -0.4 is 5.32 Å². The molecule has 1 aliphatic carbocycles. The molecule has 138 valence electrons. The highest BCUT2D eigenvalue weighted by atomic mass is 127. The summed E-state index contributed by atoms with van der Waals surface area (Å²) in [5.41, 5.74) is 1.13. The molecule has 7 heteroatoms. The van der Waals surface area contributed by atoms with Crippen LogP contribution in [0.2, 0.25) is 0 Å². The molecule has 0 unspecified atom stereocenters. The average molecular weight is 449 g/mol. The van der Waals surface area contributed by atoms with Crippen molar-refractivity contribution in [3.63, 3.8) is 0 Å². The lowest BCUT2D eigenvalue weighted by Crippen LogP contribution is -2.54. The monoisotopic (exact) mass is 449 g/mol. The number of hydrogen-bond acceptors (Lipinski definition) is 4. The number of aliphatic imine (C=N–C) groups is 1. The first kappa shape index (κ1) is 21.2. The van der Waals surface area contributed by atoms with Crippen molar-refractivity contribution in [2.45, 2.75) is 50.6 Å². The lowest BCUT2D eigenvalue weighted by molar-refractivity contribution is 0.131. The number of nitrogens with zero attached hydrogens (tertiary/aromatic N) is 4. The van der Waals surface area contributed by atoms with E-state index in [-0.39, 0.29) is 29.5 Å². The third kappa shape index (κ3) is 5.61. The van der Waals surface area contributed by atoms with Crippen LogP contribution in [0.4, 0.5) is 0 Å². The van der Waals surface area contributed by atoms with E-state index in [1.807, 2.05) is 20.2 Å². The number of rotatable bonds is 5. The normalized spacial score (nSPS) is 18.0. The van der Waals surface area contributed by atoms with E-state index in [4.69, 9.17) is 4.52 Å². The van der Waals surface area contributed by atoms with Crippen LogP contribution in [0.1, 0.15) is 44.2 Å². The Bertz CT molecular complexity index is 481. The van der Waals surface area contributed by atoms with Crippen LogP contribution in [-0.4, -0.2) is 61.2 Å². The fraction of sp³-hybridized carbons (Fsp3) is 0.765. The molecule has 6 nitrogen and oxygen atoms in total. The van der Waals surface area contributed by atoms with E-state index < -0.39 is 0 Å². The molecule has 1 heterocycles. The Morgan fingerprint density at radius 1 is 1.25 bits per heavy atom. The third-order valence-corrected chi connectivity index (χ3v) is 5.02. The van der Waals surface area contributed by atoms with Crippen molar-refractivity contribution < 1.29 is 4.52 Å². The summed E-state index contributed by atoms with van der Waals surface area (Å²) >= 11 is 0. The summed E-state index contributed by atoms with van der Waals surface area (Å²) in [7, 11) is 8.26. The highest BCUT2D eigenvalue weighted by Gasteiger charge is 2.33. The van der Waals surface area contributed by atoms with Gasteiger partial charge >= 0.3 is 0 Å². The molecule has 1 saturated carbocycles. The van der Waals surface area contributed by atoms with Crippen molar-refractivity contribution >= 4 is 29.9 Å². The fourth-order valence-electron chi connectivity index (χ4n) is 3.43. The quantitative estimate of drug-likeness (QED) is 0.324. The van der Waals surface area contributed by atoms with Crippen LogP contribution in [0, 0.1) is 0 Å². The fourth-order valence-corrected chi connectivity index (χ4v) is 3.43. The maximum absolute atomic E-state index is 4.90. The molecule has 0 amide bonds. The summed E-state index contributed by atoms with van der Waals surface area (Å²) in [4.78, 5) is 8.90. The van der Waals surface area contributed by atoms with Gasteiger partial charge in [-0.2, -0.15) is 0 Å². The SMILES string of the molecule is CN=C(NCC1(N(C)C)CCCCCC1)N(C)Cc1ccon1.I. The van der Waals surface area contributed by atoms with E-state index in [0.717, 1.165) is 18.2 Å². The van der Waals surface area contributed by atoms with Gasteiger partial charge in [-0.25, -0.2) is 0 Å². The minimum atomic E-state index is 0. The minimum absolute atomic E-state index is 0. The number of aromatic nitrogens is 1. The standard InChI is InChI=1S/C17H31N5O.HI/c1-18-16(22(4)13-15-9-12-23-20-15)19-14-17(21(2)3)10-7-5-6-8-11-17;/h9,12H,5-8,10-11,13-14H2,1-4H3,(H,18,19);1H. The minimum Gasteiger partial charge on any atom is -0.364 e. The van der Waals surface area contributed by atoms with Gasteiger partial charge in [-0.1, -0.05) is 30.8 Å². The van der Waals surface area contributed by atoms with Gasteiger partial charge in [0.1, 0.15) is 12.0 Å². The zero-order valence-corrected chi connectivity index (χ0v) is 17.7. The summed E-state index contributed by atoms with van der Waals surface area (Å²) in [6.07, 6.45) is 9.44. The molecular weight excluding hydrogens is 417 g/mol. The van der Waals surface area contributed by atoms with Crippen molar-refractivity contribution in [2.24, 2.45) is 4.99 Å². The Kier molecular flexibility index (Phi) is 9.04. The van der Waals surface area contributed by atoms with E-state index in [2.05, 4.69) is 39.4 Å². The van der Waals surface area contributed by atoms with E-state index in [1.54, 1.807) is 6.26 Å². The largest absolute Gasteiger partial charge is 0.364 e. The van der Waals surface area contributed by atoms with Crippen molar-refractivity contribution in [3.8, 4) is 0 Å².